The average Bonchev–Trinajstić information content (AvgIpc) is 3.20. The molecule has 1 amide bonds. The molecule has 0 aliphatic heterocycles. The summed E-state index contributed by atoms with van der Waals surface area (Å²) in [5.41, 5.74) is 2.24. The number of carbonyl (C=O) groups is 1. The SMILES string of the molecule is COc1ccc([C@H]2C[C@H]2C(=O)N(C)c2cc(C(C)C)[nH]n2)cc1. The lowest BCUT2D eigenvalue weighted by molar-refractivity contribution is -0.119. The van der Waals surface area contributed by atoms with Gasteiger partial charge in [0.25, 0.3) is 0 Å². The van der Waals surface area contributed by atoms with Gasteiger partial charge in [0.2, 0.25) is 5.91 Å². The number of H-pyrrole nitrogens is 1. The smallest absolute Gasteiger partial charge is 0.231 e. The number of benzene rings is 1. The third kappa shape index (κ3) is 3.09. The summed E-state index contributed by atoms with van der Waals surface area (Å²) in [6.45, 7) is 4.19. The van der Waals surface area contributed by atoms with Gasteiger partial charge in [-0.3, -0.25) is 14.8 Å². The molecular weight excluding hydrogens is 290 g/mol. The van der Waals surface area contributed by atoms with Crippen LogP contribution in [0, 0.1) is 5.92 Å². The second kappa shape index (κ2) is 6.07. The zero-order chi connectivity index (χ0) is 16.6. The number of nitrogens with zero attached hydrogens (tertiary/aromatic N) is 2. The summed E-state index contributed by atoms with van der Waals surface area (Å²) >= 11 is 0. The summed E-state index contributed by atoms with van der Waals surface area (Å²) in [4.78, 5) is 14.3. The number of ether oxygens (including phenoxy) is 1. The Hall–Kier alpha value is -2.30. The van der Waals surface area contributed by atoms with Gasteiger partial charge in [-0.2, -0.15) is 5.10 Å². The van der Waals surface area contributed by atoms with Crippen molar-refractivity contribution in [2.75, 3.05) is 19.1 Å². The van der Waals surface area contributed by atoms with E-state index in [2.05, 4.69) is 24.0 Å². The molecule has 1 aliphatic rings. The van der Waals surface area contributed by atoms with Gasteiger partial charge in [-0.25, -0.2) is 0 Å². The summed E-state index contributed by atoms with van der Waals surface area (Å²) in [6, 6.07) is 9.93. The molecule has 2 atom stereocenters. The lowest BCUT2D eigenvalue weighted by atomic mass is 10.1. The maximum Gasteiger partial charge on any atom is 0.231 e. The zero-order valence-electron chi connectivity index (χ0n) is 14.0. The molecule has 5 nitrogen and oxygen atoms in total. The van der Waals surface area contributed by atoms with Gasteiger partial charge in [-0.15, -0.1) is 0 Å². The van der Waals surface area contributed by atoms with Gasteiger partial charge in [0.1, 0.15) is 5.75 Å². The van der Waals surface area contributed by atoms with Gasteiger partial charge in [0.05, 0.1) is 7.11 Å². The highest BCUT2D eigenvalue weighted by molar-refractivity contribution is 5.96. The van der Waals surface area contributed by atoms with Gasteiger partial charge in [-0.1, -0.05) is 26.0 Å². The van der Waals surface area contributed by atoms with E-state index in [1.165, 1.54) is 5.56 Å². The van der Waals surface area contributed by atoms with Crippen LogP contribution < -0.4 is 9.64 Å². The predicted octanol–water partition coefficient (Wildman–Crippen LogP) is 3.31. The average molecular weight is 313 g/mol. The van der Waals surface area contributed by atoms with E-state index in [9.17, 15) is 4.79 Å². The van der Waals surface area contributed by atoms with Crippen molar-refractivity contribution < 1.29 is 9.53 Å². The van der Waals surface area contributed by atoms with E-state index in [0.29, 0.717) is 17.7 Å². The Bertz CT molecular complexity index is 691. The lowest BCUT2D eigenvalue weighted by Crippen LogP contribution is -2.28. The Balaban J connectivity index is 1.66. The molecule has 23 heavy (non-hydrogen) atoms. The molecule has 0 bridgehead atoms. The van der Waals surface area contributed by atoms with E-state index in [-0.39, 0.29) is 11.8 Å². The van der Waals surface area contributed by atoms with Crippen LogP contribution in [0.1, 0.15) is 43.4 Å². The van der Waals surface area contributed by atoms with E-state index in [1.54, 1.807) is 19.1 Å². The molecule has 0 saturated heterocycles. The van der Waals surface area contributed by atoms with Crippen molar-refractivity contribution in [3.63, 3.8) is 0 Å². The minimum atomic E-state index is 0.0487. The first-order valence-electron chi connectivity index (χ1n) is 7.98. The maximum absolute atomic E-state index is 12.6. The van der Waals surface area contributed by atoms with E-state index < -0.39 is 0 Å². The highest BCUT2D eigenvalue weighted by Gasteiger charge is 2.45. The van der Waals surface area contributed by atoms with Gasteiger partial charge in [0, 0.05) is 24.7 Å². The number of hydrogen-bond donors (Lipinski definition) is 1. The number of carbonyl (C=O) groups excluding carboxylic acids is 1. The molecule has 1 N–H and O–H groups in total. The molecule has 1 aromatic heterocycles. The molecule has 3 rings (SSSR count). The van der Waals surface area contributed by atoms with Crippen molar-refractivity contribution in [1.29, 1.82) is 0 Å². The molecule has 2 aromatic rings. The zero-order valence-corrected chi connectivity index (χ0v) is 14.0. The Morgan fingerprint density at radius 1 is 1.35 bits per heavy atom. The third-order valence-electron chi connectivity index (χ3n) is 4.53. The number of amides is 1. The third-order valence-corrected chi connectivity index (χ3v) is 4.53. The van der Waals surface area contributed by atoms with Crippen molar-refractivity contribution in [2.24, 2.45) is 5.92 Å². The maximum atomic E-state index is 12.6. The first-order valence-corrected chi connectivity index (χ1v) is 7.98. The predicted molar refractivity (Wildman–Crippen MR) is 89.9 cm³/mol. The van der Waals surface area contributed by atoms with E-state index in [0.717, 1.165) is 17.9 Å². The fourth-order valence-corrected chi connectivity index (χ4v) is 2.84. The van der Waals surface area contributed by atoms with E-state index >= 15 is 0 Å². The minimum Gasteiger partial charge on any atom is -0.497 e. The van der Waals surface area contributed by atoms with Gasteiger partial charge >= 0.3 is 0 Å². The lowest BCUT2D eigenvalue weighted by Gasteiger charge is -2.14. The van der Waals surface area contributed by atoms with Crippen LogP contribution in [0.5, 0.6) is 5.75 Å². The topological polar surface area (TPSA) is 58.2 Å². The number of aromatic amines is 1. The second-order valence-electron chi connectivity index (χ2n) is 6.46. The van der Waals surface area contributed by atoms with Crippen LogP contribution in [0.4, 0.5) is 5.82 Å². The molecule has 0 radical (unpaired) electrons. The summed E-state index contributed by atoms with van der Waals surface area (Å²) in [6.07, 6.45) is 0.900. The molecular formula is C18H23N3O2. The number of hydrogen-bond acceptors (Lipinski definition) is 3. The molecule has 0 unspecified atom stereocenters. The molecule has 1 fully saturated rings. The van der Waals surface area contributed by atoms with Crippen LogP contribution in [0.15, 0.2) is 30.3 Å². The van der Waals surface area contributed by atoms with Crippen LogP contribution in [0.3, 0.4) is 0 Å². The molecule has 1 saturated carbocycles. The van der Waals surface area contributed by atoms with Crippen LogP contribution in [-0.4, -0.2) is 30.3 Å². The highest BCUT2D eigenvalue weighted by Crippen LogP contribution is 2.48. The Morgan fingerprint density at radius 3 is 2.61 bits per heavy atom. The first kappa shape index (κ1) is 15.6. The quantitative estimate of drug-likeness (QED) is 0.921. The first-order chi connectivity index (χ1) is 11.0. The fourth-order valence-electron chi connectivity index (χ4n) is 2.84. The summed E-state index contributed by atoms with van der Waals surface area (Å²) < 4.78 is 5.17. The number of rotatable bonds is 5. The van der Waals surface area contributed by atoms with Crippen molar-refractivity contribution in [3.05, 3.63) is 41.6 Å². The molecule has 1 heterocycles. The van der Waals surface area contributed by atoms with Crippen LogP contribution in [-0.2, 0) is 4.79 Å². The van der Waals surface area contributed by atoms with Gasteiger partial charge in [0.15, 0.2) is 5.82 Å². The largest absolute Gasteiger partial charge is 0.497 e. The minimum absolute atomic E-state index is 0.0487. The van der Waals surface area contributed by atoms with Gasteiger partial charge < -0.3 is 4.74 Å². The number of methoxy groups -OCH3 is 1. The fraction of sp³-hybridized carbons (Fsp3) is 0.444. The molecule has 1 aliphatic carbocycles. The second-order valence-corrected chi connectivity index (χ2v) is 6.46. The Morgan fingerprint density at radius 2 is 2.04 bits per heavy atom. The van der Waals surface area contributed by atoms with E-state index in [4.69, 9.17) is 4.74 Å². The van der Waals surface area contributed by atoms with E-state index in [1.807, 2.05) is 30.3 Å². The molecule has 0 spiro atoms. The van der Waals surface area contributed by atoms with Crippen molar-refractivity contribution in [2.45, 2.75) is 32.1 Å². The van der Waals surface area contributed by atoms with Gasteiger partial charge in [-0.05, 0) is 36.0 Å². The number of anilines is 1. The van der Waals surface area contributed by atoms with Crippen molar-refractivity contribution >= 4 is 11.7 Å². The Labute approximate surface area is 136 Å². The standard InChI is InChI=1S/C18H23N3O2/c1-11(2)16-10-17(20-19-16)21(3)18(22)15-9-14(15)12-5-7-13(23-4)8-6-12/h5-8,10-11,14-15H,9H2,1-4H3,(H,19,20)/t14-,15-/m1/s1. The van der Waals surface area contributed by atoms with Crippen LogP contribution >= 0.6 is 0 Å². The van der Waals surface area contributed by atoms with Crippen molar-refractivity contribution in [3.8, 4) is 5.75 Å². The number of nitrogens with one attached hydrogen (secondary N) is 1. The monoisotopic (exact) mass is 313 g/mol. The summed E-state index contributed by atoms with van der Waals surface area (Å²) in [5.74, 6) is 2.39. The molecule has 122 valence electrons. The molecule has 5 heteroatoms. The van der Waals surface area contributed by atoms with Crippen LogP contribution in [0.2, 0.25) is 0 Å². The number of aromatic nitrogens is 2. The van der Waals surface area contributed by atoms with Crippen LogP contribution in [0.25, 0.3) is 0 Å². The Kier molecular flexibility index (Phi) is 4.11. The summed E-state index contributed by atoms with van der Waals surface area (Å²) in [7, 11) is 3.45. The highest BCUT2D eigenvalue weighted by atomic mass is 16.5. The van der Waals surface area contributed by atoms with Crippen molar-refractivity contribution in [1.82, 2.24) is 10.2 Å². The molecule has 1 aromatic carbocycles. The summed E-state index contributed by atoms with van der Waals surface area (Å²) in [5, 5.41) is 7.25. The normalized spacial score (nSPS) is 19.7.